The molecule has 4 heteroatoms. The zero-order valence-electron chi connectivity index (χ0n) is 8.30. The Morgan fingerprint density at radius 3 is 2.71 bits per heavy atom. The molecular formula is C10H14BrClN2. The molecule has 2 atom stereocenters. The van der Waals surface area contributed by atoms with Gasteiger partial charge in [-0.3, -0.25) is 0 Å². The predicted molar refractivity (Wildman–Crippen MR) is 65.3 cm³/mol. The number of alkyl halides is 1. The maximum atomic E-state index is 5.73. The summed E-state index contributed by atoms with van der Waals surface area (Å²) >= 11 is 9.25. The van der Waals surface area contributed by atoms with Crippen molar-refractivity contribution in [1.29, 1.82) is 0 Å². The van der Waals surface area contributed by atoms with Crippen LogP contribution in [0.4, 0.5) is 5.82 Å². The summed E-state index contributed by atoms with van der Waals surface area (Å²) in [7, 11) is 0. The van der Waals surface area contributed by atoms with E-state index in [1.807, 2.05) is 12.1 Å². The molecule has 1 rings (SSSR count). The van der Waals surface area contributed by atoms with Gasteiger partial charge in [-0.05, 0) is 25.5 Å². The Hall–Kier alpha value is -0.280. The first-order valence-electron chi connectivity index (χ1n) is 4.60. The van der Waals surface area contributed by atoms with Crippen LogP contribution in [0.15, 0.2) is 18.3 Å². The molecule has 0 radical (unpaired) electrons. The maximum absolute atomic E-state index is 5.73. The highest BCUT2D eigenvalue weighted by atomic mass is 79.9. The summed E-state index contributed by atoms with van der Waals surface area (Å²) in [5.74, 6) is 0.870. The standard InChI is InChI=1S/C10H14BrClN2/c1-7(11)5-8(2)14-10-4-3-9(12)6-13-10/h3-4,6-8H,5H2,1-2H3,(H,13,14). The lowest BCUT2D eigenvalue weighted by atomic mass is 10.2. The van der Waals surface area contributed by atoms with Gasteiger partial charge in [-0.15, -0.1) is 0 Å². The second-order valence-corrected chi connectivity index (χ2v) is 5.42. The zero-order valence-corrected chi connectivity index (χ0v) is 10.6. The highest BCUT2D eigenvalue weighted by molar-refractivity contribution is 9.09. The molecule has 1 heterocycles. The number of hydrogen-bond donors (Lipinski definition) is 1. The van der Waals surface area contributed by atoms with Crippen LogP contribution in [0, 0.1) is 0 Å². The Labute approximate surface area is 98.2 Å². The van der Waals surface area contributed by atoms with Crippen molar-refractivity contribution < 1.29 is 0 Å². The molecule has 1 aromatic rings. The lowest BCUT2D eigenvalue weighted by Gasteiger charge is -2.15. The fourth-order valence-corrected chi connectivity index (χ4v) is 1.93. The third kappa shape index (κ3) is 4.29. The predicted octanol–water partition coefficient (Wildman–Crippen LogP) is 3.71. The van der Waals surface area contributed by atoms with Crippen LogP contribution in [0.25, 0.3) is 0 Å². The van der Waals surface area contributed by atoms with Gasteiger partial charge in [0, 0.05) is 17.1 Å². The van der Waals surface area contributed by atoms with Gasteiger partial charge in [0.2, 0.25) is 0 Å². The normalized spacial score (nSPS) is 14.9. The molecule has 1 N–H and O–H groups in total. The molecule has 0 spiro atoms. The van der Waals surface area contributed by atoms with Crippen LogP contribution in [-0.4, -0.2) is 15.9 Å². The van der Waals surface area contributed by atoms with Crippen molar-refractivity contribution in [3.8, 4) is 0 Å². The third-order valence-electron chi connectivity index (χ3n) is 1.80. The second kappa shape index (κ2) is 5.56. The molecule has 2 nitrogen and oxygen atoms in total. The van der Waals surface area contributed by atoms with E-state index in [1.54, 1.807) is 6.20 Å². The van der Waals surface area contributed by atoms with E-state index in [2.05, 4.69) is 40.1 Å². The largest absolute Gasteiger partial charge is 0.368 e. The van der Waals surface area contributed by atoms with E-state index >= 15 is 0 Å². The van der Waals surface area contributed by atoms with Crippen LogP contribution in [0.3, 0.4) is 0 Å². The van der Waals surface area contributed by atoms with Crippen molar-refractivity contribution in [2.45, 2.75) is 31.1 Å². The van der Waals surface area contributed by atoms with E-state index in [0.717, 1.165) is 12.2 Å². The summed E-state index contributed by atoms with van der Waals surface area (Å²) in [4.78, 5) is 4.68. The van der Waals surface area contributed by atoms with Crippen LogP contribution in [0.1, 0.15) is 20.3 Å². The summed E-state index contributed by atoms with van der Waals surface area (Å²) in [5, 5.41) is 3.96. The Morgan fingerprint density at radius 2 is 2.21 bits per heavy atom. The monoisotopic (exact) mass is 276 g/mol. The van der Waals surface area contributed by atoms with Gasteiger partial charge >= 0.3 is 0 Å². The summed E-state index contributed by atoms with van der Waals surface area (Å²) in [5.41, 5.74) is 0. The lowest BCUT2D eigenvalue weighted by Crippen LogP contribution is -2.18. The van der Waals surface area contributed by atoms with Gasteiger partial charge in [-0.1, -0.05) is 34.5 Å². The number of anilines is 1. The van der Waals surface area contributed by atoms with Gasteiger partial charge in [0.15, 0.2) is 0 Å². The minimum Gasteiger partial charge on any atom is -0.368 e. The van der Waals surface area contributed by atoms with Crippen molar-refractivity contribution >= 4 is 33.3 Å². The fraction of sp³-hybridized carbons (Fsp3) is 0.500. The van der Waals surface area contributed by atoms with Gasteiger partial charge in [0.25, 0.3) is 0 Å². The topological polar surface area (TPSA) is 24.9 Å². The molecule has 0 aliphatic rings. The first-order chi connectivity index (χ1) is 6.58. The number of halogens is 2. The maximum Gasteiger partial charge on any atom is 0.126 e. The van der Waals surface area contributed by atoms with Crippen molar-refractivity contribution in [2.75, 3.05) is 5.32 Å². The van der Waals surface area contributed by atoms with Crippen LogP contribution in [-0.2, 0) is 0 Å². The van der Waals surface area contributed by atoms with Crippen LogP contribution >= 0.6 is 27.5 Å². The SMILES string of the molecule is CC(Br)CC(C)Nc1ccc(Cl)cn1. The Kier molecular flexibility index (Phi) is 4.69. The van der Waals surface area contributed by atoms with Gasteiger partial charge in [-0.25, -0.2) is 4.98 Å². The van der Waals surface area contributed by atoms with Gasteiger partial charge < -0.3 is 5.32 Å². The van der Waals surface area contributed by atoms with Gasteiger partial charge in [0.05, 0.1) is 5.02 Å². The average Bonchev–Trinajstić information content (AvgIpc) is 2.07. The molecule has 0 aliphatic carbocycles. The molecule has 2 unspecified atom stereocenters. The third-order valence-corrected chi connectivity index (χ3v) is 2.40. The van der Waals surface area contributed by atoms with E-state index in [0.29, 0.717) is 15.9 Å². The van der Waals surface area contributed by atoms with Crippen molar-refractivity contribution in [3.05, 3.63) is 23.4 Å². The molecule has 0 fully saturated rings. The number of pyridine rings is 1. The Morgan fingerprint density at radius 1 is 1.50 bits per heavy atom. The highest BCUT2D eigenvalue weighted by Gasteiger charge is 2.05. The minimum absolute atomic E-state index is 0.401. The molecule has 0 saturated carbocycles. The summed E-state index contributed by atoms with van der Waals surface area (Å²) in [6.45, 7) is 4.27. The average molecular weight is 278 g/mol. The van der Waals surface area contributed by atoms with E-state index in [9.17, 15) is 0 Å². The summed E-state index contributed by atoms with van der Waals surface area (Å²) in [6, 6.07) is 4.12. The highest BCUT2D eigenvalue weighted by Crippen LogP contribution is 2.13. The van der Waals surface area contributed by atoms with Crippen LogP contribution in [0.2, 0.25) is 5.02 Å². The summed E-state index contributed by atoms with van der Waals surface area (Å²) < 4.78 is 0. The van der Waals surface area contributed by atoms with Crippen molar-refractivity contribution in [3.63, 3.8) is 0 Å². The smallest absolute Gasteiger partial charge is 0.126 e. The first-order valence-corrected chi connectivity index (χ1v) is 5.89. The molecule has 0 bridgehead atoms. The van der Waals surface area contributed by atoms with Crippen molar-refractivity contribution in [2.24, 2.45) is 0 Å². The molecule has 14 heavy (non-hydrogen) atoms. The molecule has 78 valence electrons. The number of aromatic nitrogens is 1. The van der Waals surface area contributed by atoms with E-state index in [-0.39, 0.29) is 0 Å². The minimum atomic E-state index is 0.401. The number of nitrogens with one attached hydrogen (secondary N) is 1. The molecule has 0 saturated heterocycles. The van der Waals surface area contributed by atoms with E-state index < -0.39 is 0 Å². The number of rotatable bonds is 4. The van der Waals surface area contributed by atoms with Crippen LogP contribution < -0.4 is 5.32 Å². The fourth-order valence-electron chi connectivity index (χ4n) is 1.26. The van der Waals surface area contributed by atoms with Gasteiger partial charge in [0.1, 0.15) is 5.82 Å². The second-order valence-electron chi connectivity index (χ2n) is 3.42. The van der Waals surface area contributed by atoms with Crippen LogP contribution in [0.5, 0.6) is 0 Å². The Balaban J connectivity index is 2.47. The number of hydrogen-bond acceptors (Lipinski definition) is 2. The summed E-state index contributed by atoms with van der Waals surface area (Å²) in [6.07, 6.45) is 2.71. The van der Waals surface area contributed by atoms with E-state index in [1.165, 1.54) is 0 Å². The van der Waals surface area contributed by atoms with Gasteiger partial charge in [-0.2, -0.15) is 0 Å². The molecular weight excluding hydrogens is 263 g/mol. The molecule has 0 aromatic carbocycles. The zero-order chi connectivity index (χ0) is 10.6. The number of nitrogens with zero attached hydrogens (tertiary/aromatic N) is 1. The molecule has 1 aromatic heterocycles. The van der Waals surface area contributed by atoms with E-state index in [4.69, 9.17) is 11.6 Å². The quantitative estimate of drug-likeness (QED) is 0.849. The first kappa shape index (κ1) is 11.8. The van der Waals surface area contributed by atoms with Crippen molar-refractivity contribution in [1.82, 2.24) is 4.98 Å². The molecule has 0 amide bonds. The molecule has 0 aliphatic heterocycles. The lowest BCUT2D eigenvalue weighted by molar-refractivity contribution is 0.705. The Bertz CT molecular complexity index is 274.